The smallest absolute Gasteiger partial charge is 0.193 e. The molecule has 0 spiro atoms. The van der Waals surface area contributed by atoms with Crippen LogP contribution in [-0.2, 0) is 6.54 Å². The second-order valence-corrected chi connectivity index (χ2v) is 4.70. The van der Waals surface area contributed by atoms with E-state index < -0.39 is 0 Å². The summed E-state index contributed by atoms with van der Waals surface area (Å²) >= 11 is 3.39. The number of nitrogens with zero attached hydrogens (tertiary/aromatic N) is 5. The number of halogens is 1. The fourth-order valence-corrected chi connectivity index (χ4v) is 1.88. The van der Waals surface area contributed by atoms with Crippen molar-refractivity contribution in [2.24, 2.45) is 0 Å². The maximum Gasteiger partial charge on any atom is 0.193 e. The third kappa shape index (κ3) is 2.57. The van der Waals surface area contributed by atoms with Gasteiger partial charge < -0.3 is 5.32 Å². The normalized spacial score (nSPS) is 14.9. The molecule has 2 aromatic heterocycles. The topological polar surface area (TPSA) is 92.3 Å². The molecule has 7 nitrogen and oxygen atoms in total. The lowest BCUT2D eigenvalue weighted by molar-refractivity contribution is 0.881. The van der Waals surface area contributed by atoms with Crippen LogP contribution in [0.4, 0.5) is 5.82 Å². The number of rotatable bonds is 4. The largest absolute Gasteiger partial charge is 0.362 e. The number of hydrogen-bond acceptors (Lipinski definition) is 6. The molecule has 1 saturated carbocycles. The highest BCUT2D eigenvalue weighted by molar-refractivity contribution is 9.10. The van der Waals surface area contributed by atoms with Gasteiger partial charge in [0.25, 0.3) is 0 Å². The van der Waals surface area contributed by atoms with E-state index in [9.17, 15) is 0 Å². The average molecular weight is 296 g/mol. The van der Waals surface area contributed by atoms with Gasteiger partial charge in [-0.2, -0.15) is 5.21 Å². The quantitative estimate of drug-likeness (QED) is 0.825. The fourth-order valence-electron chi connectivity index (χ4n) is 1.48. The van der Waals surface area contributed by atoms with Crippen LogP contribution in [-0.4, -0.2) is 30.6 Å². The molecule has 8 heteroatoms. The molecule has 2 N–H and O–H groups in total. The van der Waals surface area contributed by atoms with Gasteiger partial charge in [-0.05, 0) is 28.8 Å². The Hall–Kier alpha value is -1.57. The Morgan fingerprint density at radius 1 is 1.41 bits per heavy atom. The number of aromatic nitrogens is 6. The predicted molar refractivity (Wildman–Crippen MR) is 63.2 cm³/mol. The average Bonchev–Trinajstić information content (AvgIpc) is 3.04. The summed E-state index contributed by atoms with van der Waals surface area (Å²) in [6.07, 6.45) is 2.36. The van der Waals surface area contributed by atoms with Crippen molar-refractivity contribution in [3.05, 3.63) is 22.3 Å². The van der Waals surface area contributed by atoms with Crippen molar-refractivity contribution < 1.29 is 0 Å². The van der Waals surface area contributed by atoms with Crippen molar-refractivity contribution in [3.8, 4) is 0 Å². The maximum atomic E-state index is 4.46. The van der Waals surface area contributed by atoms with E-state index in [1.807, 2.05) is 6.07 Å². The van der Waals surface area contributed by atoms with E-state index in [2.05, 4.69) is 51.8 Å². The van der Waals surface area contributed by atoms with Crippen LogP contribution in [0.1, 0.15) is 30.4 Å². The van der Waals surface area contributed by atoms with Crippen LogP contribution in [0, 0.1) is 0 Å². The molecule has 1 aliphatic carbocycles. The zero-order valence-electron chi connectivity index (χ0n) is 8.89. The molecule has 0 unspecified atom stereocenters. The van der Waals surface area contributed by atoms with Crippen molar-refractivity contribution in [1.29, 1.82) is 0 Å². The molecule has 1 aliphatic rings. The van der Waals surface area contributed by atoms with Crippen LogP contribution in [0.25, 0.3) is 0 Å². The van der Waals surface area contributed by atoms with Crippen molar-refractivity contribution in [2.45, 2.75) is 25.3 Å². The number of aromatic amines is 1. The number of anilines is 1. The summed E-state index contributed by atoms with van der Waals surface area (Å²) in [5.74, 6) is 2.81. The van der Waals surface area contributed by atoms with Crippen LogP contribution < -0.4 is 5.32 Å². The Morgan fingerprint density at radius 2 is 2.29 bits per heavy atom. The molecule has 2 heterocycles. The van der Waals surface area contributed by atoms with Gasteiger partial charge in [-0.25, -0.2) is 9.97 Å². The Morgan fingerprint density at radius 3 is 3.00 bits per heavy atom. The van der Waals surface area contributed by atoms with Crippen LogP contribution in [0.2, 0.25) is 0 Å². The van der Waals surface area contributed by atoms with Crippen molar-refractivity contribution >= 4 is 21.7 Å². The van der Waals surface area contributed by atoms with Crippen molar-refractivity contribution in [2.75, 3.05) is 5.32 Å². The van der Waals surface area contributed by atoms with Gasteiger partial charge >= 0.3 is 0 Å². The first-order valence-electron chi connectivity index (χ1n) is 5.32. The highest BCUT2D eigenvalue weighted by Crippen LogP contribution is 2.38. The summed E-state index contributed by atoms with van der Waals surface area (Å²) in [7, 11) is 0. The second kappa shape index (κ2) is 4.36. The molecule has 3 rings (SSSR count). The molecule has 0 atom stereocenters. The maximum absolute atomic E-state index is 4.46. The van der Waals surface area contributed by atoms with Crippen LogP contribution in [0.15, 0.2) is 10.7 Å². The second-order valence-electron chi connectivity index (χ2n) is 3.89. The van der Waals surface area contributed by atoms with Gasteiger partial charge in [0.05, 0.1) is 6.54 Å². The Bertz CT molecular complexity index is 508. The molecule has 0 aliphatic heterocycles. The van der Waals surface area contributed by atoms with Gasteiger partial charge in [0, 0.05) is 12.0 Å². The molecule has 0 radical (unpaired) electrons. The lowest BCUT2D eigenvalue weighted by Crippen LogP contribution is -2.05. The third-order valence-corrected chi connectivity index (χ3v) is 2.88. The molecule has 0 amide bonds. The first-order chi connectivity index (χ1) is 8.31. The zero-order valence-corrected chi connectivity index (χ0v) is 10.5. The first kappa shape index (κ1) is 10.6. The molecule has 88 valence electrons. The van der Waals surface area contributed by atoms with E-state index in [1.165, 1.54) is 12.8 Å². The monoisotopic (exact) mass is 295 g/mol. The van der Waals surface area contributed by atoms with E-state index in [0.29, 0.717) is 18.3 Å². The summed E-state index contributed by atoms with van der Waals surface area (Å²) in [6, 6.07) is 1.84. The SMILES string of the molecule is Brc1cc(NCc2nn[nH]n2)nc(C2CC2)n1. The standard InChI is InChI=1S/C9H10BrN7/c10-6-3-7(11-4-8-14-16-17-15-8)13-9(12-6)5-1-2-5/h3,5H,1-2,4H2,(H,11,12,13)(H,14,15,16,17). The molecule has 0 bridgehead atoms. The van der Waals surface area contributed by atoms with Crippen LogP contribution in [0.5, 0.6) is 0 Å². The van der Waals surface area contributed by atoms with Gasteiger partial charge in [-0.1, -0.05) is 5.21 Å². The van der Waals surface area contributed by atoms with Gasteiger partial charge in [-0.3, -0.25) is 0 Å². The molecule has 0 aromatic carbocycles. The summed E-state index contributed by atoms with van der Waals surface area (Å²) in [5, 5.41) is 16.8. The number of nitrogens with one attached hydrogen (secondary N) is 2. The van der Waals surface area contributed by atoms with Gasteiger partial charge in [-0.15, -0.1) is 10.2 Å². The Kier molecular flexibility index (Phi) is 2.71. The molecule has 17 heavy (non-hydrogen) atoms. The number of tetrazole rings is 1. The summed E-state index contributed by atoms with van der Waals surface area (Å²) < 4.78 is 0.796. The molecular formula is C9H10BrN7. The highest BCUT2D eigenvalue weighted by atomic mass is 79.9. The van der Waals surface area contributed by atoms with Crippen molar-refractivity contribution in [3.63, 3.8) is 0 Å². The van der Waals surface area contributed by atoms with Gasteiger partial charge in [0.2, 0.25) is 0 Å². The fraction of sp³-hybridized carbons (Fsp3) is 0.444. The van der Waals surface area contributed by atoms with E-state index in [4.69, 9.17) is 0 Å². The number of hydrogen-bond donors (Lipinski definition) is 2. The minimum Gasteiger partial charge on any atom is -0.362 e. The molecule has 0 saturated heterocycles. The molecule has 2 aromatic rings. The molecule has 1 fully saturated rings. The lowest BCUT2D eigenvalue weighted by atomic mass is 10.4. The summed E-state index contributed by atoms with van der Waals surface area (Å²) in [6.45, 7) is 0.490. The van der Waals surface area contributed by atoms with E-state index in [0.717, 1.165) is 16.2 Å². The predicted octanol–water partition coefficient (Wildman–Crippen LogP) is 1.24. The summed E-state index contributed by atoms with van der Waals surface area (Å²) in [4.78, 5) is 8.81. The first-order valence-corrected chi connectivity index (χ1v) is 6.11. The molecular weight excluding hydrogens is 286 g/mol. The minimum absolute atomic E-state index is 0.490. The lowest BCUT2D eigenvalue weighted by Gasteiger charge is -2.05. The highest BCUT2D eigenvalue weighted by Gasteiger charge is 2.27. The Balaban J connectivity index is 1.73. The van der Waals surface area contributed by atoms with Crippen molar-refractivity contribution in [1.82, 2.24) is 30.6 Å². The Labute approximate surface area is 106 Å². The van der Waals surface area contributed by atoms with Gasteiger partial charge in [0.15, 0.2) is 5.82 Å². The van der Waals surface area contributed by atoms with E-state index >= 15 is 0 Å². The van der Waals surface area contributed by atoms with Gasteiger partial charge in [0.1, 0.15) is 16.2 Å². The van der Waals surface area contributed by atoms with E-state index in [-0.39, 0.29) is 0 Å². The zero-order chi connectivity index (χ0) is 11.7. The van der Waals surface area contributed by atoms with E-state index in [1.54, 1.807) is 0 Å². The number of H-pyrrole nitrogens is 1. The van der Waals surface area contributed by atoms with Crippen LogP contribution in [0.3, 0.4) is 0 Å². The minimum atomic E-state index is 0.490. The van der Waals surface area contributed by atoms with Crippen LogP contribution >= 0.6 is 15.9 Å². The third-order valence-electron chi connectivity index (χ3n) is 2.47. The summed E-state index contributed by atoms with van der Waals surface area (Å²) in [5.41, 5.74) is 0.